The number of para-hydroxylation sites is 1. The number of benzene rings is 10. The van der Waals surface area contributed by atoms with Crippen molar-refractivity contribution in [1.29, 1.82) is 0 Å². The molecule has 0 bridgehead atoms. The van der Waals surface area contributed by atoms with Crippen molar-refractivity contribution in [3.8, 4) is 34.5 Å². The third kappa shape index (κ3) is 35.0. The molecule has 2 heterocycles. The predicted octanol–water partition coefficient (Wildman–Crippen LogP) is 22.9. The molecule has 1 N–H and O–H groups in total. The van der Waals surface area contributed by atoms with Crippen molar-refractivity contribution in [2.75, 3.05) is 106 Å². The molecule has 0 fully saturated rings. The van der Waals surface area contributed by atoms with Gasteiger partial charge in [0.1, 0.15) is 75.2 Å². The van der Waals surface area contributed by atoms with E-state index >= 15 is 0 Å². The van der Waals surface area contributed by atoms with Crippen LogP contribution in [0.1, 0.15) is 104 Å². The van der Waals surface area contributed by atoms with Gasteiger partial charge in [0.15, 0.2) is 0 Å². The molecular formula is C99H111F7N6O11S5. The average molecular weight is 1850 g/mol. The van der Waals surface area contributed by atoms with Crippen molar-refractivity contribution in [1.82, 2.24) is 29.5 Å². The third-order valence-electron chi connectivity index (χ3n) is 20.2. The van der Waals surface area contributed by atoms with Crippen LogP contribution in [0.15, 0.2) is 249 Å². The lowest BCUT2D eigenvalue weighted by Crippen LogP contribution is -2.34. The Morgan fingerprint density at radius 1 is 0.367 bits per heavy atom. The summed E-state index contributed by atoms with van der Waals surface area (Å²) in [7, 11) is 16.7. The van der Waals surface area contributed by atoms with Crippen LogP contribution in [0.4, 0.5) is 30.7 Å². The molecule has 0 spiro atoms. The molecule has 1 atom stereocenters. The second-order valence-corrected chi connectivity index (χ2v) is 35.3. The smallest absolute Gasteiger partial charge is 0.222 e. The molecule has 128 heavy (non-hydrogen) atoms. The Labute approximate surface area is 767 Å². The molecule has 1 aliphatic heterocycles. The number of hydrogen-bond donors (Lipinski definition) is 1. The SMILES string of the molecule is CN(C(=O)CCCSc1ccc(F)cc1)C1CCOc2ccc(F)cc21.CN(Cc1cccc2cc[nH]c12)C(=O)CCCSc1ccc(F)cc1.COc1ccc(F)c(CN(C)C(=O)CCCSc2ccc(F)cc2)c1.COc1ccc(SCCCC(=O)N(C)Cc2cc(F)ccc2OC)cc1.COc1cccc(OC)c1CN(C)C(=O)CCCSc1ccc(F)cc1. The van der Waals surface area contributed by atoms with Crippen LogP contribution in [0.2, 0.25) is 0 Å². The lowest BCUT2D eigenvalue weighted by Gasteiger charge is -2.33. The first-order valence-electron chi connectivity index (χ1n) is 41.6. The van der Waals surface area contributed by atoms with Crippen molar-refractivity contribution < 1.29 is 83.1 Å². The van der Waals surface area contributed by atoms with E-state index in [9.17, 15) is 54.7 Å². The topological polar surface area (TPSA) is 173 Å². The summed E-state index contributed by atoms with van der Waals surface area (Å²) in [6, 6.07) is 60.2. The van der Waals surface area contributed by atoms with Crippen LogP contribution in [0.25, 0.3) is 10.9 Å². The molecule has 0 aliphatic carbocycles. The Morgan fingerprint density at radius 2 is 0.742 bits per heavy atom. The normalized spacial score (nSPS) is 11.7. The fraction of sp³-hybridized carbons (Fsp3) is 0.323. The zero-order valence-electron chi connectivity index (χ0n) is 73.7. The van der Waals surface area contributed by atoms with Gasteiger partial charge in [0, 0.05) is 141 Å². The summed E-state index contributed by atoms with van der Waals surface area (Å²) in [5.41, 5.74) is 4.89. The van der Waals surface area contributed by atoms with E-state index in [0.29, 0.717) is 111 Å². The molecule has 5 amide bonds. The van der Waals surface area contributed by atoms with Crippen LogP contribution < -0.4 is 28.4 Å². The van der Waals surface area contributed by atoms with Gasteiger partial charge in [-0.25, -0.2) is 30.7 Å². The molecular weight excluding hydrogens is 1740 g/mol. The minimum atomic E-state index is -0.354. The number of thioether (sulfide) groups is 5. The lowest BCUT2D eigenvalue weighted by molar-refractivity contribution is -0.133. The van der Waals surface area contributed by atoms with Gasteiger partial charge in [0.05, 0.1) is 65.8 Å². The standard InChI is InChI=1S/C20H21F2NO2S.C20H21FN2OS.2C20H24FNO3S.C19H21F2NO2S/c1-23(18-10-11-25-19-9-6-15(22)13-17(18)19)20(24)3-2-12-26-16-7-4-14(21)5-8-16;1-23(14-16-5-2-4-15-11-12-22-20(15)16)19(24)6-3-13-25-18-9-7-17(21)8-10-18;1-22(14-17-18(24-2)6-4-7-19(17)25-3)20(23)8-5-13-26-16-11-9-15(21)10-12-16;1-22(14-15-13-16(21)6-11-19(15)25-3)20(23)5-4-12-26-18-9-7-17(24-2)8-10-18;1-22(13-14-12-16(24-2)7-10-18(14)21)19(23)4-3-11-25-17-8-5-15(20)6-9-17/h4-9,13,18H,2-3,10-12H2,1H3;2,4-5,7-12,22H,3,6,13-14H2,1H3;4,6-7,9-12H,5,8,13-14H2,1-3H3;6-11,13H,4-5,12,14H2,1-3H3;5-10,12H,3-4,11,13H2,1-2H3. The minimum Gasteiger partial charge on any atom is -0.497 e. The van der Waals surface area contributed by atoms with E-state index < -0.39 is 0 Å². The maximum atomic E-state index is 13.8. The van der Waals surface area contributed by atoms with E-state index in [1.165, 1.54) is 98.0 Å². The van der Waals surface area contributed by atoms with Gasteiger partial charge in [0.25, 0.3) is 0 Å². The van der Waals surface area contributed by atoms with Crippen LogP contribution in [0.3, 0.4) is 0 Å². The first kappa shape index (κ1) is 103. The van der Waals surface area contributed by atoms with Crippen molar-refractivity contribution in [3.63, 3.8) is 0 Å². The molecule has 29 heteroatoms. The second kappa shape index (κ2) is 55.1. The fourth-order valence-corrected chi connectivity index (χ4v) is 17.4. The summed E-state index contributed by atoms with van der Waals surface area (Å²) in [6.45, 7) is 2.07. The third-order valence-corrected chi connectivity index (χ3v) is 25.7. The predicted molar refractivity (Wildman–Crippen MR) is 500 cm³/mol. The molecule has 1 aliphatic rings. The highest BCUT2D eigenvalue weighted by Gasteiger charge is 2.29. The van der Waals surface area contributed by atoms with E-state index in [2.05, 4.69) is 11.1 Å². The van der Waals surface area contributed by atoms with E-state index in [4.69, 9.17) is 28.4 Å². The Balaban J connectivity index is 0.000000198. The van der Waals surface area contributed by atoms with Crippen LogP contribution in [-0.4, -0.2) is 165 Å². The van der Waals surface area contributed by atoms with Gasteiger partial charge < -0.3 is 57.9 Å². The first-order valence-corrected chi connectivity index (χ1v) is 46.5. The van der Waals surface area contributed by atoms with Crippen molar-refractivity contribution >= 4 is 99.2 Å². The number of aromatic amines is 1. The highest BCUT2D eigenvalue weighted by atomic mass is 32.2. The molecule has 10 aromatic carbocycles. The Kier molecular flexibility index (Phi) is 44.2. The summed E-state index contributed by atoms with van der Waals surface area (Å²) >= 11 is 8.16. The molecule has 0 radical (unpaired) electrons. The second-order valence-electron chi connectivity index (χ2n) is 29.5. The molecule has 682 valence electrons. The van der Waals surface area contributed by atoms with Crippen LogP contribution >= 0.6 is 58.8 Å². The van der Waals surface area contributed by atoms with E-state index in [1.54, 1.807) is 201 Å². The van der Waals surface area contributed by atoms with Crippen LogP contribution in [-0.2, 0) is 50.2 Å². The highest BCUT2D eigenvalue weighted by molar-refractivity contribution is 8.00. The van der Waals surface area contributed by atoms with Crippen LogP contribution in [0, 0.1) is 40.7 Å². The van der Waals surface area contributed by atoms with E-state index in [0.717, 1.165) is 112 Å². The number of rotatable bonds is 39. The highest BCUT2D eigenvalue weighted by Crippen LogP contribution is 2.38. The zero-order valence-corrected chi connectivity index (χ0v) is 77.8. The van der Waals surface area contributed by atoms with Crippen molar-refractivity contribution in [3.05, 3.63) is 293 Å². The van der Waals surface area contributed by atoms with Crippen LogP contribution in [0.5, 0.6) is 34.5 Å². The number of halogens is 7. The van der Waals surface area contributed by atoms with Gasteiger partial charge in [0.2, 0.25) is 29.5 Å². The van der Waals surface area contributed by atoms with Gasteiger partial charge in [-0.3, -0.25) is 24.0 Å². The maximum absolute atomic E-state index is 13.8. The minimum absolute atomic E-state index is 0.0339. The van der Waals surface area contributed by atoms with Gasteiger partial charge in [-0.15, -0.1) is 58.8 Å². The Hall–Kier alpha value is -10.9. The number of fused-ring (bicyclic) bond motifs is 2. The molecule has 1 aromatic heterocycles. The van der Waals surface area contributed by atoms with E-state index in [1.807, 2.05) is 73.9 Å². The number of carbonyl (C=O) groups excluding carboxylic acids is 5. The van der Waals surface area contributed by atoms with E-state index in [-0.39, 0.29) is 82.8 Å². The van der Waals surface area contributed by atoms with Gasteiger partial charge >= 0.3 is 0 Å². The summed E-state index contributed by atoms with van der Waals surface area (Å²) in [4.78, 5) is 78.4. The molecule has 0 saturated heterocycles. The lowest BCUT2D eigenvalue weighted by atomic mass is 9.98. The number of nitrogens with one attached hydrogen (secondary N) is 1. The number of hydrogen-bond acceptors (Lipinski definition) is 16. The molecule has 0 saturated carbocycles. The van der Waals surface area contributed by atoms with Crippen molar-refractivity contribution in [2.24, 2.45) is 0 Å². The number of ether oxygens (including phenoxy) is 6. The maximum Gasteiger partial charge on any atom is 0.222 e. The summed E-state index contributed by atoms with van der Waals surface area (Å²) in [5, 5.41) is 1.16. The monoisotopic (exact) mass is 1850 g/mol. The number of nitrogens with zero attached hydrogens (tertiary/aromatic N) is 5. The number of aromatic nitrogens is 1. The Morgan fingerprint density at radius 3 is 1.18 bits per heavy atom. The summed E-state index contributed by atoms with van der Waals surface area (Å²) in [5.74, 6) is 6.34. The average Bonchev–Trinajstić information content (AvgIpc) is 1.07. The fourth-order valence-electron chi connectivity index (χ4n) is 13.1. The number of carbonyl (C=O) groups is 5. The van der Waals surface area contributed by atoms with Gasteiger partial charge in [-0.2, -0.15) is 0 Å². The number of H-pyrrole nitrogens is 1. The summed E-state index contributed by atoms with van der Waals surface area (Å²) in [6.07, 6.45) is 8.59. The summed E-state index contributed by atoms with van der Waals surface area (Å²) < 4.78 is 124. The largest absolute Gasteiger partial charge is 0.497 e. The Bertz CT molecular complexity index is 5240. The number of amides is 5. The molecule has 17 nitrogen and oxygen atoms in total. The quantitative estimate of drug-likeness (QED) is 0.0219. The number of methoxy groups -OCH3 is 5. The van der Waals surface area contributed by atoms with Gasteiger partial charge in [-0.1, -0.05) is 24.3 Å². The molecule has 11 aromatic rings. The molecule has 12 rings (SSSR count). The van der Waals surface area contributed by atoms with Crippen molar-refractivity contribution in [2.45, 2.75) is 127 Å². The molecule has 1 unspecified atom stereocenters. The first-order chi connectivity index (χ1) is 61.7. The van der Waals surface area contributed by atoms with Gasteiger partial charge in [-0.05, 0) is 266 Å². The zero-order chi connectivity index (χ0) is 92.3.